The van der Waals surface area contributed by atoms with Crippen molar-refractivity contribution in [1.29, 1.82) is 5.26 Å². The molecule has 1 unspecified atom stereocenters. The van der Waals surface area contributed by atoms with Gasteiger partial charge in [0, 0.05) is 17.6 Å². The second kappa shape index (κ2) is 12.1. The third-order valence-corrected chi connectivity index (χ3v) is 12.0. The van der Waals surface area contributed by atoms with Crippen LogP contribution in [0.3, 0.4) is 0 Å². The van der Waals surface area contributed by atoms with Crippen LogP contribution in [0.4, 0.5) is 10.5 Å². The molecule has 0 spiro atoms. The summed E-state index contributed by atoms with van der Waals surface area (Å²) in [5.74, 6) is -1.53. The fraction of sp³-hybridized carbons (Fsp3) is 0.615. The minimum absolute atomic E-state index is 0.0549. The number of nitrogens with one attached hydrogen (secondary N) is 1. The number of sulfone groups is 1. The van der Waals surface area contributed by atoms with Crippen molar-refractivity contribution in [2.45, 2.75) is 77.0 Å². The highest BCUT2D eigenvalue weighted by Crippen LogP contribution is 2.46. The fourth-order valence-corrected chi connectivity index (χ4v) is 9.33. The Bertz CT molecular complexity index is 1660. The van der Waals surface area contributed by atoms with Crippen LogP contribution in [0.15, 0.2) is 12.3 Å². The lowest BCUT2D eigenvalue weighted by Gasteiger charge is -2.20. The molecule has 2 aromatic heterocycles. The molecule has 4 heterocycles. The number of halogens is 1. The van der Waals surface area contributed by atoms with E-state index in [1.54, 1.807) is 33.0 Å². The Balaban J connectivity index is 1.35. The van der Waals surface area contributed by atoms with E-state index in [9.17, 15) is 32.7 Å². The summed E-state index contributed by atoms with van der Waals surface area (Å²) in [4.78, 5) is 38.5. The average Bonchev–Trinajstić information content (AvgIpc) is 3.69. The van der Waals surface area contributed by atoms with Gasteiger partial charge in [-0.25, -0.2) is 18.2 Å². The molecule has 18 heteroatoms. The fourth-order valence-electron chi connectivity index (χ4n) is 5.42. The van der Waals surface area contributed by atoms with Gasteiger partial charge in [-0.15, -0.1) is 0 Å². The number of pyridine rings is 1. The molecule has 1 saturated carbocycles. The van der Waals surface area contributed by atoms with Crippen molar-refractivity contribution >= 4 is 57.9 Å². The number of hydrogen-bond acceptors (Lipinski definition) is 13. The number of hydrogen-bond donors (Lipinski definition) is 2. The number of nitriles is 1. The van der Waals surface area contributed by atoms with Gasteiger partial charge in [-0.05, 0) is 39.7 Å². The second-order valence-corrected chi connectivity index (χ2v) is 16.7. The van der Waals surface area contributed by atoms with Gasteiger partial charge in [0.15, 0.2) is 38.9 Å². The quantitative estimate of drug-likeness (QED) is 0.159. The third-order valence-electron chi connectivity index (χ3n) is 7.49. The number of carbonyl (C=O) groups is 2. The van der Waals surface area contributed by atoms with Crippen molar-refractivity contribution in [2.75, 3.05) is 23.4 Å². The average molecular weight is 675 g/mol. The third kappa shape index (κ3) is 6.83. The van der Waals surface area contributed by atoms with E-state index < -0.39 is 77.6 Å². The zero-order valence-corrected chi connectivity index (χ0v) is 26.6. The van der Waals surface area contributed by atoms with E-state index in [1.807, 2.05) is 0 Å². The Morgan fingerprint density at radius 2 is 1.98 bits per heavy atom. The lowest BCUT2D eigenvalue weighted by Crippen LogP contribution is -2.34. The minimum Gasteiger partial charge on any atom is -0.438 e. The van der Waals surface area contributed by atoms with Gasteiger partial charge >= 0.3 is 19.7 Å². The van der Waals surface area contributed by atoms with E-state index in [-0.39, 0.29) is 16.8 Å². The molecule has 2 aliphatic heterocycles. The molecular formula is C26H32ClN4O11PS. The van der Waals surface area contributed by atoms with Gasteiger partial charge in [0.1, 0.15) is 23.4 Å². The first-order valence-corrected chi connectivity index (χ1v) is 17.8. The van der Waals surface area contributed by atoms with Crippen LogP contribution in [0, 0.1) is 16.7 Å². The summed E-state index contributed by atoms with van der Waals surface area (Å²) < 4.78 is 66.1. The maximum Gasteiger partial charge on any atom is 0.509 e. The van der Waals surface area contributed by atoms with Gasteiger partial charge in [0.05, 0.1) is 16.9 Å². The van der Waals surface area contributed by atoms with E-state index in [4.69, 9.17) is 35.1 Å². The molecule has 2 aromatic rings. The molecule has 3 aliphatic rings. The predicted molar refractivity (Wildman–Crippen MR) is 154 cm³/mol. The lowest BCUT2D eigenvalue weighted by molar-refractivity contribution is -0.159. The Morgan fingerprint density at radius 1 is 1.30 bits per heavy atom. The Morgan fingerprint density at radius 3 is 2.64 bits per heavy atom. The number of rotatable bonds is 10. The van der Waals surface area contributed by atoms with Crippen molar-refractivity contribution in [1.82, 2.24) is 9.55 Å². The summed E-state index contributed by atoms with van der Waals surface area (Å²) in [6, 6.07) is 3.94. The van der Waals surface area contributed by atoms with E-state index in [0.29, 0.717) is 16.7 Å². The van der Waals surface area contributed by atoms with Crippen LogP contribution in [0.25, 0.3) is 11.0 Å². The largest absolute Gasteiger partial charge is 0.509 e. The summed E-state index contributed by atoms with van der Waals surface area (Å²) in [5.41, 5.74) is -1.23. The van der Waals surface area contributed by atoms with Crippen LogP contribution in [-0.2, 0) is 42.7 Å². The number of carbonyl (C=O) groups excluding carboxylic acids is 2. The first-order valence-electron chi connectivity index (χ1n) is 13.8. The number of nitrogens with zero attached hydrogens (tertiary/aromatic N) is 3. The van der Waals surface area contributed by atoms with Crippen molar-refractivity contribution in [3.63, 3.8) is 0 Å². The summed E-state index contributed by atoms with van der Waals surface area (Å²) in [6.45, 7) is 3.78. The lowest BCUT2D eigenvalue weighted by atomic mass is 9.98. The molecule has 0 radical (unpaired) electrons. The van der Waals surface area contributed by atoms with E-state index in [0.717, 1.165) is 25.7 Å². The van der Waals surface area contributed by atoms with Crippen molar-refractivity contribution in [3.8, 4) is 6.07 Å². The van der Waals surface area contributed by atoms with E-state index in [1.165, 1.54) is 4.57 Å². The van der Waals surface area contributed by atoms with Crippen LogP contribution in [0.1, 0.15) is 58.2 Å². The number of anilines is 1. The maximum absolute atomic E-state index is 13.0. The molecule has 0 aromatic carbocycles. The molecule has 0 bridgehead atoms. The van der Waals surface area contributed by atoms with Gasteiger partial charge in [-0.1, -0.05) is 24.4 Å². The Kier molecular flexibility index (Phi) is 8.93. The highest BCUT2D eigenvalue weighted by Gasteiger charge is 2.56. The maximum atomic E-state index is 13.0. The highest BCUT2D eigenvalue weighted by atomic mass is 35.5. The summed E-state index contributed by atoms with van der Waals surface area (Å²) in [7, 11) is -9.14. The van der Waals surface area contributed by atoms with Crippen LogP contribution in [-0.4, -0.2) is 77.4 Å². The normalized spacial score (nSPS) is 25.2. The molecule has 0 amide bonds. The second-order valence-electron chi connectivity index (χ2n) is 11.9. The summed E-state index contributed by atoms with van der Waals surface area (Å²) >= 11 is 6.41. The van der Waals surface area contributed by atoms with Gasteiger partial charge in [-0.3, -0.25) is 13.9 Å². The van der Waals surface area contributed by atoms with Gasteiger partial charge in [0.2, 0.25) is 6.79 Å². The van der Waals surface area contributed by atoms with Crippen LogP contribution in [0.2, 0.25) is 5.15 Å². The predicted octanol–water partition coefficient (Wildman–Crippen LogP) is 3.84. The molecule has 5 atom stereocenters. The monoisotopic (exact) mass is 674 g/mol. The van der Waals surface area contributed by atoms with Crippen molar-refractivity contribution in [2.24, 2.45) is 5.41 Å². The number of ether oxygens (including phenoxy) is 4. The summed E-state index contributed by atoms with van der Waals surface area (Å²) in [6.07, 6.45) is -0.124. The van der Waals surface area contributed by atoms with E-state index in [2.05, 4.69) is 16.4 Å². The first kappa shape index (κ1) is 32.5. The van der Waals surface area contributed by atoms with Crippen LogP contribution in [0.5, 0.6) is 0 Å². The Labute approximate surface area is 258 Å². The standard InChI is InChI=1S/C26H32ClN4O11PS/c1-26(2,3)24(32)38-12-39-43(34,35)13-44(36,37)11-17-19-20(42-25(33)41-19)23(40-17)31-9-8-15-18(29-14-6-4-5-7-14)16(10-28)21(27)30-22(15)31/h8-9,14,17,19-20,23H,4-7,11-13H2,1-3H3,(H,29,30)(H,34,35)/t17-,19-,20-,23-/m1/s1. The van der Waals surface area contributed by atoms with Gasteiger partial charge in [0.25, 0.3) is 0 Å². The topological polar surface area (TPSA) is 205 Å². The van der Waals surface area contributed by atoms with Crippen molar-refractivity contribution < 1.29 is 50.9 Å². The molecule has 2 N–H and O–H groups in total. The smallest absolute Gasteiger partial charge is 0.438 e. The highest BCUT2D eigenvalue weighted by molar-refractivity contribution is 7.97. The number of fused-ring (bicyclic) bond motifs is 2. The minimum atomic E-state index is -4.77. The number of esters is 1. The van der Waals surface area contributed by atoms with Gasteiger partial charge in [-0.2, -0.15) is 5.26 Å². The molecule has 15 nitrogen and oxygen atoms in total. The van der Waals surface area contributed by atoms with Crippen molar-refractivity contribution in [3.05, 3.63) is 23.0 Å². The molecule has 44 heavy (non-hydrogen) atoms. The summed E-state index contributed by atoms with van der Waals surface area (Å²) in [5, 5.41) is 13.7. The molecule has 240 valence electrons. The van der Waals surface area contributed by atoms with E-state index >= 15 is 0 Å². The molecule has 5 rings (SSSR count). The molecule has 3 fully saturated rings. The van der Waals surface area contributed by atoms with Crippen LogP contribution < -0.4 is 5.32 Å². The molecule has 2 saturated heterocycles. The molecule has 1 aliphatic carbocycles. The first-order chi connectivity index (χ1) is 20.6. The van der Waals surface area contributed by atoms with Gasteiger partial charge < -0.3 is 33.7 Å². The van der Waals surface area contributed by atoms with Crippen LogP contribution >= 0.6 is 19.2 Å². The molecular weight excluding hydrogens is 643 g/mol. The number of aromatic nitrogens is 2. The zero-order chi connectivity index (χ0) is 32.0. The Hall–Kier alpha value is -2.93. The zero-order valence-electron chi connectivity index (χ0n) is 24.1. The SMILES string of the molecule is CC(C)(C)C(=O)OCOP(=O)(O)CS(=O)(=O)C[C@H]1O[C@@H](n2ccc3c(NC4CCCC4)c(C#N)c(Cl)nc32)[C@@H]2OC(=O)O[C@@H]21.